The molecular formula is C26H28N6O. The first-order chi connectivity index (χ1) is 16.3. The lowest BCUT2D eigenvalue weighted by Crippen LogP contribution is -2.48. The Morgan fingerprint density at radius 2 is 1.48 bits per heavy atom. The number of hydrogen-bond donors (Lipinski definition) is 0. The maximum absolute atomic E-state index is 5.59. The van der Waals surface area contributed by atoms with Crippen molar-refractivity contribution in [3.05, 3.63) is 102 Å². The molecule has 0 aliphatic carbocycles. The fourth-order valence-corrected chi connectivity index (χ4v) is 4.55. The lowest BCUT2D eigenvalue weighted by Gasteiger charge is -2.40. The molecule has 0 spiro atoms. The Bertz CT molecular complexity index is 1160. The zero-order valence-corrected chi connectivity index (χ0v) is 18.8. The third kappa shape index (κ3) is 4.59. The topological polar surface area (TPSA) is 59.3 Å². The second kappa shape index (κ2) is 9.83. The van der Waals surface area contributed by atoms with Crippen LogP contribution in [-0.4, -0.2) is 58.4 Å². The molecule has 1 saturated heterocycles. The van der Waals surface area contributed by atoms with Gasteiger partial charge in [0.15, 0.2) is 5.82 Å². The molecule has 0 N–H and O–H groups in total. The van der Waals surface area contributed by atoms with Gasteiger partial charge in [0.1, 0.15) is 5.75 Å². The van der Waals surface area contributed by atoms with Gasteiger partial charge in [0, 0.05) is 26.2 Å². The van der Waals surface area contributed by atoms with Gasteiger partial charge in [0.25, 0.3) is 0 Å². The summed E-state index contributed by atoms with van der Waals surface area (Å²) >= 11 is 0. The quantitative estimate of drug-likeness (QED) is 0.437. The van der Waals surface area contributed by atoms with Gasteiger partial charge in [0.2, 0.25) is 0 Å². The lowest BCUT2D eigenvalue weighted by molar-refractivity contribution is 0.201. The first kappa shape index (κ1) is 21.2. The Kier molecular flexibility index (Phi) is 6.30. The van der Waals surface area contributed by atoms with Crippen LogP contribution in [0.1, 0.15) is 23.0 Å². The van der Waals surface area contributed by atoms with Crippen molar-refractivity contribution in [1.29, 1.82) is 0 Å². The van der Waals surface area contributed by atoms with Gasteiger partial charge in [0.05, 0.1) is 25.4 Å². The van der Waals surface area contributed by atoms with Gasteiger partial charge >= 0.3 is 0 Å². The Labute approximate surface area is 194 Å². The van der Waals surface area contributed by atoms with Gasteiger partial charge in [-0.1, -0.05) is 72.8 Å². The molecular weight excluding hydrogens is 412 g/mol. The van der Waals surface area contributed by atoms with E-state index in [2.05, 4.69) is 73.9 Å². The summed E-state index contributed by atoms with van der Waals surface area (Å²) in [5, 5.41) is 12.9. The van der Waals surface area contributed by atoms with Crippen LogP contribution in [0.4, 0.5) is 5.69 Å². The monoisotopic (exact) mass is 440 g/mol. The SMILES string of the molecule is COc1ccccc1N1CCN([C@@H](c2ccccc2)c2nnnn2Cc2ccccc2)CC1. The van der Waals surface area contributed by atoms with Crippen molar-refractivity contribution in [3.63, 3.8) is 0 Å². The van der Waals surface area contributed by atoms with Gasteiger partial charge in [-0.2, -0.15) is 0 Å². The molecule has 3 aromatic carbocycles. The number of para-hydroxylation sites is 2. The van der Waals surface area contributed by atoms with Crippen molar-refractivity contribution in [2.45, 2.75) is 12.6 Å². The molecule has 1 aliphatic heterocycles. The minimum Gasteiger partial charge on any atom is -0.495 e. The Hall–Kier alpha value is -3.71. The van der Waals surface area contributed by atoms with Gasteiger partial charge in [-0.25, -0.2) is 4.68 Å². The van der Waals surface area contributed by atoms with Crippen molar-refractivity contribution >= 4 is 5.69 Å². The van der Waals surface area contributed by atoms with Crippen LogP contribution in [0.5, 0.6) is 5.75 Å². The molecule has 0 radical (unpaired) electrons. The van der Waals surface area contributed by atoms with Gasteiger partial charge in [-0.3, -0.25) is 4.90 Å². The maximum atomic E-state index is 5.59. The standard InChI is InChI=1S/C26H28N6O/c1-33-24-15-9-8-14-23(24)30-16-18-31(19-17-30)25(22-12-6-3-7-13-22)26-27-28-29-32(26)20-21-10-4-2-5-11-21/h2-15,25H,16-20H2,1H3/t25-/m0/s1. The van der Waals surface area contributed by atoms with E-state index in [1.807, 2.05) is 41.1 Å². The number of benzene rings is 3. The summed E-state index contributed by atoms with van der Waals surface area (Å²) in [6.07, 6.45) is 0. The van der Waals surface area contributed by atoms with Crippen LogP contribution in [0.3, 0.4) is 0 Å². The molecule has 7 heteroatoms. The fourth-order valence-electron chi connectivity index (χ4n) is 4.55. The second-order valence-corrected chi connectivity index (χ2v) is 8.19. The molecule has 1 aliphatic rings. The van der Waals surface area contributed by atoms with Crippen molar-refractivity contribution in [1.82, 2.24) is 25.1 Å². The number of methoxy groups -OCH3 is 1. The molecule has 0 unspecified atom stereocenters. The molecule has 1 fully saturated rings. The van der Waals surface area contributed by atoms with Crippen LogP contribution in [-0.2, 0) is 6.54 Å². The van der Waals surface area contributed by atoms with Crippen molar-refractivity contribution < 1.29 is 4.74 Å². The minimum atomic E-state index is -0.00951. The summed E-state index contributed by atoms with van der Waals surface area (Å²) in [7, 11) is 1.73. The summed E-state index contributed by atoms with van der Waals surface area (Å²) in [6.45, 7) is 4.26. The van der Waals surface area contributed by atoms with E-state index in [0.717, 1.165) is 43.4 Å². The third-order valence-corrected chi connectivity index (χ3v) is 6.20. The van der Waals surface area contributed by atoms with E-state index < -0.39 is 0 Å². The van der Waals surface area contributed by atoms with E-state index in [9.17, 15) is 0 Å². The van der Waals surface area contributed by atoms with E-state index in [-0.39, 0.29) is 6.04 Å². The summed E-state index contributed by atoms with van der Waals surface area (Å²) in [6, 6.07) is 29.1. The molecule has 1 aromatic heterocycles. The number of nitrogens with zero attached hydrogens (tertiary/aromatic N) is 6. The molecule has 0 bridgehead atoms. The van der Waals surface area contributed by atoms with Crippen LogP contribution < -0.4 is 9.64 Å². The highest BCUT2D eigenvalue weighted by atomic mass is 16.5. The van der Waals surface area contributed by atoms with E-state index in [0.29, 0.717) is 6.54 Å². The summed E-state index contributed by atoms with van der Waals surface area (Å²) in [4.78, 5) is 4.87. The molecule has 33 heavy (non-hydrogen) atoms. The Morgan fingerprint density at radius 3 is 2.21 bits per heavy atom. The highest BCUT2D eigenvalue weighted by Crippen LogP contribution is 2.32. The fraction of sp³-hybridized carbons (Fsp3) is 0.269. The molecule has 7 nitrogen and oxygen atoms in total. The summed E-state index contributed by atoms with van der Waals surface area (Å²) < 4.78 is 7.52. The van der Waals surface area contributed by atoms with Crippen LogP contribution in [0.25, 0.3) is 0 Å². The zero-order chi connectivity index (χ0) is 22.5. The zero-order valence-electron chi connectivity index (χ0n) is 18.8. The molecule has 1 atom stereocenters. The van der Waals surface area contributed by atoms with Crippen LogP contribution >= 0.6 is 0 Å². The predicted octanol–water partition coefficient (Wildman–Crippen LogP) is 3.64. The van der Waals surface area contributed by atoms with E-state index in [4.69, 9.17) is 4.74 Å². The first-order valence-corrected chi connectivity index (χ1v) is 11.3. The van der Waals surface area contributed by atoms with Crippen molar-refractivity contribution in [3.8, 4) is 5.75 Å². The number of aromatic nitrogens is 4. The predicted molar refractivity (Wildman–Crippen MR) is 128 cm³/mol. The molecule has 0 amide bonds. The molecule has 5 rings (SSSR count). The molecule has 168 valence electrons. The number of tetrazole rings is 1. The number of rotatable bonds is 7. The highest BCUT2D eigenvalue weighted by molar-refractivity contribution is 5.58. The summed E-state index contributed by atoms with van der Waals surface area (Å²) in [5.74, 6) is 1.79. The average molecular weight is 441 g/mol. The van der Waals surface area contributed by atoms with E-state index in [1.54, 1.807) is 7.11 Å². The van der Waals surface area contributed by atoms with Crippen molar-refractivity contribution in [2.24, 2.45) is 0 Å². The molecule has 0 saturated carbocycles. The number of ether oxygens (including phenoxy) is 1. The van der Waals surface area contributed by atoms with Gasteiger partial charge in [-0.05, 0) is 33.7 Å². The molecule has 4 aromatic rings. The van der Waals surface area contributed by atoms with Crippen LogP contribution in [0.2, 0.25) is 0 Å². The van der Waals surface area contributed by atoms with E-state index in [1.165, 1.54) is 11.1 Å². The van der Waals surface area contributed by atoms with E-state index >= 15 is 0 Å². The average Bonchev–Trinajstić information content (AvgIpc) is 3.33. The highest BCUT2D eigenvalue weighted by Gasteiger charge is 2.31. The van der Waals surface area contributed by atoms with Crippen LogP contribution in [0, 0.1) is 0 Å². The van der Waals surface area contributed by atoms with Gasteiger partial charge in [-0.15, -0.1) is 5.10 Å². The minimum absolute atomic E-state index is 0.00951. The third-order valence-electron chi connectivity index (χ3n) is 6.20. The number of anilines is 1. The molecule has 2 heterocycles. The van der Waals surface area contributed by atoms with Gasteiger partial charge < -0.3 is 9.64 Å². The lowest BCUT2D eigenvalue weighted by atomic mass is 10.0. The number of piperazine rings is 1. The first-order valence-electron chi connectivity index (χ1n) is 11.3. The Balaban J connectivity index is 1.41. The second-order valence-electron chi connectivity index (χ2n) is 8.19. The maximum Gasteiger partial charge on any atom is 0.173 e. The van der Waals surface area contributed by atoms with Crippen molar-refractivity contribution in [2.75, 3.05) is 38.2 Å². The smallest absolute Gasteiger partial charge is 0.173 e. The summed E-state index contributed by atoms with van der Waals surface area (Å²) in [5.41, 5.74) is 3.52. The number of hydrogen-bond acceptors (Lipinski definition) is 6. The Morgan fingerprint density at radius 1 is 0.818 bits per heavy atom. The van der Waals surface area contributed by atoms with Crippen LogP contribution in [0.15, 0.2) is 84.9 Å². The normalized spacial score (nSPS) is 15.4. The largest absolute Gasteiger partial charge is 0.495 e.